The second-order valence-electron chi connectivity index (χ2n) is 6.28. The minimum atomic E-state index is -0.886. The first-order chi connectivity index (χ1) is 13.9. The molecule has 5 nitrogen and oxygen atoms in total. The number of thioether (sulfide) groups is 1. The molecule has 29 heavy (non-hydrogen) atoms. The number of carbonyl (C=O) groups excluding carboxylic acids is 1. The van der Waals surface area contributed by atoms with Crippen molar-refractivity contribution in [2.45, 2.75) is 19.4 Å². The predicted molar refractivity (Wildman–Crippen MR) is 119 cm³/mol. The summed E-state index contributed by atoms with van der Waals surface area (Å²) in [7, 11) is 0. The van der Waals surface area contributed by atoms with Crippen molar-refractivity contribution >= 4 is 57.9 Å². The van der Waals surface area contributed by atoms with E-state index in [4.69, 9.17) is 33.7 Å². The molecule has 1 N–H and O–H groups in total. The molecular formula is C21H18ClNO4S2. The quantitative estimate of drug-likeness (QED) is 0.454. The Morgan fingerprint density at radius 2 is 1.93 bits per heavy atom. The van der Waals surface area contributed by atoms with Crippen LogP contribution in [0.2, 0.25) is 5.02 Å². The highest BCUT2D eigenvalue weighted by Gasteiger charge is 2.31. The van der Waals surface area contributed by atoms with Gasteiger partial charge in [-0.2, -0.15) is 0 Å². The van der Waals surface area contributed by atoms with E-state index in [1.165, 1.54) is 16.7 Å². The summed E-state index contributed by atoms with van der Waals surface area (Å²) >= 11 is 12.6. The lowest BCUT2D eigenvalue weighted by Crippen LogP contribution is -2.29. The summed E-state index contributed by atoms with van der Waals surface area (Å²) < 4.78 is 6.21. The van der Waals surface area contributed by atoms with Crippen LogP contribution in [0.15, 0.2) is 53.4 Å². The normalized spacial score (nSPS) is 15.2. The number of aliphatic carboxylic acids is 1. The minimum absolute atomic E-state index is 0.00572. The van der Waals surface area contributed by atoms with Crippen LogP contribution >= 0.6 is 35.6 Å². The van der Waals surface area contributed by atoms with Gasteiger partial charge in [0.1, 0.15) is 16.7 Å². The molecule has 2 aromatic carbocycles. The summed E-state index contributed by atoms with van der Waals surface area (Å²) in [6.07, 6.45) is 2.15. The average Bonchev–Trinajstić information content (AvgIpc) is 2.95. The Kier molecular flexibility index (Phi) is 7.30. The first kappa shape index (κ1) is 21.4. The van der Waals surface area contributed by atoms with Gasteiger partial charge in [0.2, 0.25) is 0 Å². The van der Waals surface area contributed by atoms with Gasteiger partial charge in [-0.15, -0.1) is 0 Å². The first-order valence-corrected chi connectivity index (χ1v) is 10.5. The zero-order chi connectivity index (χ0) is 20.8. The van der Waals surface area contributed by atoms with Crippen LogP contribution < -0.4 is 4.74 Å². The van der Waals surface area contributed by atoms with E-state index >= 15 is 0 Å². The number of hydrogen-bond donors (Lipinski definition) is 1. The van der Waals surface area contributed by atoms with Crippen LogP contribution in [0.5, 0.6) is 5.75 Å². The van der Waals surface area contributed by atoms with Crippen molar-refractivity contribution in [1.82, 2.24) is 4.90 Å². The van der Waals surface area contributed by atoms with E-state index in [0.717, 1.165) is 11.1 Å². The van der Waals surface area contributed by atoms with Crippen LogP contribution in [0.25, 0.3) is 6.08 Å². The lowest BCUT2D eigenvalue weighted by molar-refractivity contribution is -0.137. The Labute approximate surface area is 183 Å². The molecule has 0 bridgehead atoms. The van der Waals surface area contributed by atoms with E-state index in [2.05, 4.69) is 0 Å². The molecule has 1 aliphatic rings. The number of rotatable bonds is 8. The standard InChI is InChI=1S/C21H18ClNO4S2/c22-17-5-2-1-4-15(17)13-27-16-9-7-14(8-10-16)12-18-20(26)23(21(28)29-18)11-3-6-19(24)25/h1-2,4-5,7-10,12H,3,6,11,13H2,(H,24,25)/b18-12+. The van der Waals surface area contributed by atoms with E-state index in [0.29, 0.717) is 39.6 Å². The highest BCUT2D eigenvalue weighted by molar-refractivity contribution is 8.26. The van der Waals surface area contributed by atoms with Gasteiger partial charge in [0.05, 0.1) is 4.91 Å². The van der Waals surface area contributed by atoms with Crippen LogP contribution in [0.3, 0.4) is 0 Å². The monoisotopic (exact) mass is 447 g/mol. The van der Waals surface area contributed by atoms with Gasteiger partial charge in [0.15, 0.2) is 0 Å². The summed E-state index contributed by atoms with van der Waals surface area (Å²) in [5, 5.41) is 9.40. The largest absolute Gasteiger partial charge is 0.489 e. The van der Waals surface area contributed by atoms with Crippen molar-refractivity contribution < 1.29 is 19.4 Å². The molecule has 2 aromatic rings. The number of carbonyl (C=O) groups is 2. The van der Waals surface area contributed by atoms with Crippen molar-refractivity contribution in [1.29, 1.82) is 0 Å². The topological polar surface area (TPSA) is 66.8 Å². The van der Waals surface area contributed by atoms with E-state index in [1.807, 2.05) is 48.5 Å². The third kappa shape index (κ3) is 5.82. The molecule has 1 saturated heterocycles. The molecule has 0 unspecified atom stereocenters. The molecule has 0 spiro atoms. The third-order valence-electron chi connectivity index (χ3n) is 4.18. The lowest BCUT2D eigenvalue weighted by Gasteiger charge is -2.13. The van der Waals surface area contributed by atoms with Crippen molar-refractivity contribution in [3.8, 4) is 5.75 Å². The fraction of sp³-hybridized carbons (Fsp3) is 0.190. The van der Waals surface area contributed by atoms with Gasteiger partial charge in [0.25, 0.3) is 5.91 Å². The van der Waals surface area contributed by atoms with E-state index in [9.17, 15) is 9.59 Å². The Hall–Kier alpha value is -2.35. The molecule has 1 amide bonds. The summed E-state index contributed by atoms with van der Waals surface area (Å²) in [5.74, 6) is -0.379. The maximum absolute atomic E-state index is 12.5. The van der Waals surface area contributed by atoms with Gasteiger partial charge in [-0.3, -0.25) is 14.5 Å². The number of carboxylic acids is 1. The molecule has 1 fully saturated rings. The number of ether oxygens (including phenoxy) is 1. The summed E-state index contributed by atoms with van der Waals surface area (Å²) in [6, 6.07) is 14.9. The van der Waals surface area contributed by atoms with E-state index in [-0.39, 0.29) is 12.3 Å². The molecule has 8 heteroatoms. The predicted octanol–water partition coefficient (Wildman–Crippen LogP) is 4.99. The maximum Gasteiger partial charge on any atom is 0.303 e. The SMILES string of the molecule is O=C(O)CCCN1C(=O)/C(=C\c2ccc(OCc3ccccc3Cl)cc2)SC1=S. The number of halogens is 1. The minimum Gasteiger partial charge on any atom is -0.489 e. The smallest absolute Gasteiger partial charge is 0.303 e. The summed E-state index contributed by atoms with van der Waals surface area (Å²) in [5.41, 5.74) is 1.76. The molecule has 0 saturated carbocycles. The van der Waals surface area contributed by atoms with Crippen LogP contribution in [0.1, 0.15) is 24.0 Å². The number of amides is 1. The Bertz CT molecular complexity index is 959. The average molecular weight is 448 g/mol. The number of nitrogens with zero attached hydrogens (tertiary/aromatic N) is 1. The van der Waals surface area contributed by atoms with Crippen molar-refractivity contribution in [3.05, 3.63) is 69.6 Å². The van der Waals surface area contributed by atoms with Gasteiger partial charge < -0.3 is 9.84 Å². The van der Waals surface area contributed by atoms with Crippen LogP contribution in [-0.2, 0) is 16.2 Å². The third-order valence-corrected chi connectivity index (χ3v) is 5.92. The van der Waals surface area contributed by atoms with Crippen LogP contribution in [-0.4, -0.2) is 32.7 Å². The van der Waals surface area contributed by atoms with Crippen molar-refractivity contribution in [2.75, 3.05) is 6.54 Å². The molecule has 0 aromatic heterocycles. The number of hydrogen-bond acceptors (Lipinski definition) is 5. The number of carboxylic acid groups (broad SMARTS) is 1. The number of thiocarbonyl (C=S) groups is 1. The highest BCUT2D eigenvalue weighted by Crippen LogP contribution is 2.33. The lowest BCUT2D eigenvalue weighted by atomic mass is 10.2. The molecule has 0 radical (unpaired) electrons. The second-order valence-corrected chi connectivity index (χ2v) is 8.36. The van der Waals surface area contributed by atoms with Gasteiger partial charge in [-0.1, -0.05) is 65.9 Å². The van der Waals surface area contributed by atoms with Crippen LogP contribution in [0.4, 0.5) is 0 Å². The summed E-state index contributed by atoms with van der Waals surface area (Å²) in [4.78, 5) is 25.1. The van der Waals surface area contributed by atoms with E-state index in [1.54, 1.807) is 6.08 Å². The van der Waals surface area contributed by atoms with Gasteiger partial charge in [0, 0.05) is 23.6 Å². The molecule has 0 aliphatic carbocycles. The highest BCUT2D eigenvalue weighted by atomic mass is 35.5. The molecular weight excluding hydrogens is 430 g/mol. The molecule has 1 heterocycles. The van der Waals surface area contributed by atoms with Crippen LogP contribution in [0, 0.1) is 0 Å². The van der Waals surface area contributed by atoms with E-state index < -0.39 is 5.97 Å². The summed E-state index contributed by atoms with van der Waals surface area (Å²) in [6.45, 7) is 0.678. The maximum atomic E-state index is 12.5. The molecule has 1 aliphatic heterocycles. The van der Waals surface area contributed by atoms with Gasteiger partial charge >= 0.3 is 5.97 Å². The molecule has 0 atom stereocenters. The van der Waals surface area contributed by atoms with Crippen molar-refractivity contribution in [2.24, 2.45) is 0 Å². The zero-order valence-corrected chi connectivity index (χ0v) is 17.7. The van der Waals surface area contributed by atoms with Gasteiger partial charge in [-0.25, -0.2) is 0 Å². The number of benzene rings is 2. The van der Waals surface area contributed by atoms with Crippen molar-refractivity contribution in [3.63, 3.8) is 0 Å². The Morgan fingerprint density at radius 1 is 1.21 bits per heavy atom. The zero-order valence-electron chi connectivity index (χ0n) is 15.3. The Morgan fingerprint density at radius 3 is 2.62 bits per heavy atom. The molecule has 3 rings (SSSR count). The fourth-order valence-electron chi connectivity index (χ4n) is 2.67. The molecule has 150 valence electrons. The Balaban J connectivity index is 1.60. The second kappa shape index (κ2) is 9.91. The van der Waals surface area contributed by atoms with Gasteiger partial charge in [-0.05, 0) is 36.3 Å². The first-order valence-electron chi connectivity index (χ1n) is 8.87. The fourth-order valence-corrected chi connectivity index (χ4v) is 4.17.